The first-order valence-electron chi connectivity index (χ1n) is 8.29. The van der Waals surface area contributed by atoms with Crippen molar-refractivity contribution in [3.8, 4) is 11.5 Å². The highest BCUT2D eigenvalue weighted by Crippen LogP contribution is 2.31. The Morgan fingerprint density at radius 2 is 1.08 bits per heavy atom. The van der Waals surface area contributed by atoms with E-state index in [0.717, 1.165) is 21.7 Å². The molecule has 0 aliphatic heterocycles. The van der Waals surface area contributed by atoms with Crippen molar-refractivity contribution in [2.24, 2.45) is 0 Å². The summed E-state index contributed by atoms with van der Waals surface area (Å²) in [5, 5.41) is 12.5. The lowest BCUT2D eigenvalue weighted by Crippen LogP contribution is -2.47. The highest BCUT2D eigenvalue weighted by atomic mass is 16.4. The van der Waals surface area contributed by atoms with Crippen LogP contribution >= 0.6 is 0 Å². The normalized spacial score (nSPS) is 10.6. The van der Waals surface area contributed by atoms with Gasteiger partial charge in [-0.05, 0) is 33.8 Å². The lowest BCUT2D eigenvalue weighted by atomic mass is 9.55. The Morgan fingerprint density at radius 1 is 0.600 bits per heavy atom. The number of hydrogen-bond acceptors (Lipinski definition) is 2. The summed E-state index contributed by atoms with van der Waals surface area (Å²) in [5.41, 5.74) is 2.09. The topological polar surface area (TPSA) is 29.5 Å². The van der Waals surface area contributed by atoms with Crippen LogP contribution in [0.4, 0.5) is 0 Å². The molecule has 0 unspecified atom stereocenters. The summed E-state index contributed by atoms with van der Waals surface area (Å²) < 4.78 is 6.28. The summed E-state index contributed by atoms with van der Waals surface area (Å²) in [7, 11) is 0. The fourth-order valence-corrected chi connectivity index (χ4v) is 3.01. The second-order valence-electron chi connectivity index (χ2n) is 5.99. The fourth-order valence-electron chi connectivity index (χ4n) is 3.01. The number of benzene rings is 4. The molecule has 4 aromatic rings. The van der Waals surface area contributed by atoms with Crippen molar-refractivity contribution in [1.82, 2.24) is 0 Å². The number of phenols is 1. The molecule has 0 spiro atoms. The number of phenolic OH excluding ortho intramolecular Hbond substituents is 1. The van der Waals surface area contributed by atoms with E-state index in [9.17, 15) is 5.11 Å². The third-order valence-electron chi connectivity index (χ3n) is 4.28. The SMILES string of the molecule is Oc1cc2ccccc2cc1OB(c1ccccc1)c1ccccc1. The highest BCUT2D eigenvalue weighted by Gasteiger charge is 2.24. The first-order valence-corrected chi connectivity index (χ1v) is 8.29. The fraction of sp³-hybridized carbons (Fsp3) is 0. The van der Waals surface area contributed by atoms with Crippen LogP contribution in [-0.4, -0.2) is 12.0 Å². The molecule has 0 radical (unpaired) electrons. The van der Waals surface area contributed by atoms with Gasteiger partial charge >= 0.3 is 6.92 Å². The number of hydrogen-bond donors (Lipinski definition) is 1. The van der Waals surface area contributed by atoms with Crippen LogP contribution in [0.5, 0.6) is 11.5 Å². The van der Waals surface area contributed by atoms with Gasteiger partial charge in [0.2, 0.25) is 0 Å². The monoisotopic (exact) mass is 324 g/mol. The molecule has 0 saturated heterocycles. The number of fused-ring (bicyclic) bond motifs is 1. The van der Waals surface area contributed by atoms with E-state index in [2.05, 4.69) is 0 Å². The molecule has 0 fully saturated rings. The zero-order valence-corrected chi connectivity index (χ0v) is 13.7. The van der Waals surface area contributed by atoms with E-state index in [1.165, 1.54) is 0 Å². The summed E-state index contributed by atoms with van der Waals surface area (Å²) in [6.45, 7) is -0.283. The molecule has 0 heterocycles. The second kappa shape index (κ2) is 6.74. The van der Waals surface area contributed by atoms with E-state index in [4.69, 9.17) is 4.65 Å². The molecule has 25 heavy (non-hydrogen) atoms. The van der Waals surface area contributed by atoms with Gasteiger partial charge in [-0.1, -0.05) is 84.9 Å². The van der Waals surface area contributed by atoms with Crippen molar-refractivity contribution in [2.75, 3.05) is 0 Å². The van der Waals surface area contributed by atoms with Crippen LogP contribution in [0.25, 0.3) is 10.8 Å². The third kappa shape index (κ3) is 3.22. The van der Waals surface area contributed by atoms with Crippen LogP contribution in [0.15, 0.2) is 97.1 Å². The molecule has 0 atom stereocenters. The minimum atomic E-state index is -0.283. The summed E-state index contributed by atoms with van der Waals surface area (Å²) in [5.74, 6) is 0.631. The average Bonchev–Trinajstić information content (AvgIpc) is 2.67. The zero-order valence-electron chi connectivity index (χ0n) is 13.7. The minimum Gasteiger partial charge on any atom is -0.549 e. The largest absolute Gasteiger partial charge is 0.549 e. The van der Waals surface area contributed by atoms with Gasteiger partial charge in [0.15, 0.2) is 5.75 Å². The van der Waals surface area contributed by atoms with Crippen LogP contribution in [0.3, 0.4) is 0 Å². The first-order chi connectivity index (χ1) is 12.3. The Labute approximate surface area is 147 Å². The number of rotatable bonds is 4. The van der Waals surface area contributed by atoms with Gasteiger partial charge in [0.05, 0.1) is 0 Å². The molecule has 2 nitrogen and oxygen atoms in total. The van der Waals surface area contributed by atoms with E-state index in [1.54, 1.807) is 6.07 Å². The Balaban J connectivity index is 1.78. The first kappa shape index (κ1) is 15.3. The quantitative estimate of drug-likeness (QED) is 0.580. The van der Waals surface area contributed by atoms with E-state index in [0.29, 0.717) is 5.75 Å². The minimum absolute atomic E-state index is 0.149. The number of aromatic hydroxyl groups is 1. The van der Waals surface area contributed by atoms with E-state index < -0.39 is 0 Å². The molecule has 3 heteroatoms. The molecule has 4 aromatic carbocycles. The molecular formula is C22H17BO2. The van der Waals surface area contributed by atoms with Gasteiger partial charge in [0, 0.05) is 0 Å². The van der Waals surface area contributed by atoms with Crippen LogP contribution in [0.2, 0.25) is 0 Å². The maximum absolute atomic E-state index is 10.4. The zero-order chi connectivity index (χ0) is 17.1. The summed E-state index contributed by atoms with van der Waals surface area (Å²) in [6, 6.07) is 31.7. The van der Waals surface area contributed by atoms with Crippen LogP contribution < -0.4 is 15.6 Å². The molecule has 0 amide bonds. The van der Waals surface area contributed by atoms with Crippen LogP contribution in [-0.2, 0) is 0 Å². The van der Waals surface area contributed by atoms with E-state index in [1.807, 2.05) is 91.0 Å². The van der Waals surface area contributed by atoms with Gasteiger partial charge < -0.3 is 9.76 Å². The van der Waals surface area contributed by atoms with Crippen molar-refractivity contribution in [3.05, 3.63) is 97.1 Å². The van der Waals surface area contributed by atoms with Crippen molar-refractivity contribution < 1.29 is 9.76 Å². The predicted molar refractivity (Wildman–Crippen MR) is 104 cm³/mol. The van der Waals surface area contributed by atoms with Gasteiger partial charge in [0.25, 0.3) is 0 Å². The highest BCUT2D eigenvalue weighted by molar-refractivity contribution is 6.80. The molecule has 1 N–H and O–H groups in total. The maximum Gasteiger partial charge on any atom is 0.426 e. The van der Waals surface area contributed by atoms with Gasteiger partial charge in [0.1, 0.15) is 5.75 Å². The van der Waals surface area contributed by atoms with E-state index in [-0.39, 0.29) is 12.7 Å². The van der Waals surface area contributed by atoms with Gasteiger partial charge in [-0.2, -0.15) is 0 Å². The smallest absolute Gasteiger partial charge is 0.426 e. The standard InChI is InChI=1S/C22H17BO2/c24-21-15-17-9-7-8-10-18(17)16-22(21)25-23(19-11-3-1-4-12-19)20-13-5-2-6-14-20/h1-16,24H. The van der Waals surface area contributed by atoms with Crippen molar-refractivity contribution in [2.45, 2.75) is 0 Å². The Morgan fingerprint density at radius 3 is 1.64 bits per heavy atom. The van der Waals surface area contributed by atoms with Gasteiger partial charge in [-0.25, -0.2) is 0 Å². The molecule has 0 aliphatic carbocycles. The average molecular weight is 324 g/mol. The molecule has 120 valence electrons. The Kier molecular flexibility index (Phi) is 4.13. The molecule has 0 aromatic heterocycles. The van der Waals surface area contributed by atoms with Crippen molar-refractivity contribution >= 4 is 28.6 Å². The Bertz CT molecular complexity index is 945. The molecule has 0 saturated carbocycles. The van der Waals surface area contributed by atoms with E-state index >= 15 is 0 Å². The Hall–Kier alpha value is -3.20. The molecule has 0 aliphatic rings. The third-order valence-corrected chi connectivity index (χ3v) is 4.28. The van der Waals surface area contributed by atoms with Gasteiger partial charge in [-0.3, -0.25) is 0 Å². The molecule has 4 rings (SSSR count). The van der Waals surface area contributed by atoms with Crippen LogP contribution in [0, 0.1) is 0 Å². The molecule has 0 bridgehead atoms. The lowest BCUT2D eigenvalue weighted by molar-refractivity contribution is 0.443. The van der Waals surface area contributed by atoms with Crippen molar-refractivity contribution in [3.63, 3.8) is 0 Å². The lowest BCUT2D eigenvalue weighted by Gasteiger charge is -2.18. The van der Waals surface area contributed by atoms with Crippen molar-refractivity contribution in [1.29, 1.82) is 0 Å². The predicted octanol–water partition coefficient (Wildman–Crippen LogP) is 3.73. The van der Waals surface area contributed by atoms with Crippen LogP contribution in [0.1, 0.15) is 0 Å². The summed E-state index contributed by atoms with van der Waals surface area (Å²) >= 11 is 0. The second-order valence-corrected chi connectivity index (χ2v) is 5.99. The molecular weight excluding hydrogens is 307 g/mol. The van der Waals surface area contributed by atoms with Gasteiger partial charge in [-0.15, -0.1) is 0 Å². The maximum atomic E-state index is 10.4. The summed E-state index contributed by atoms with van der Waals surface area (Å²) in [6.07, 6.45) is 0. The summed E-state index contributed by atoms with van der Waals surface area (Å²) in [4.78, 5) is 0.